The van der Waals surface area contributed by atoms with Gasteiger partial charge in [-0.05, 0) is 18.8 Å². The van der Waals surface area contributed by atoms with Crippen LogP contribution in [0.1, 0.15) is 39.5 Å². The Morgan fingerprint density at radius 2 is 1.85 bits per heavy atom. The maximum atomic E-state index is 5.75. The van der Waals surface area contributed by atoms with Gasteiger partial charge in [-0.25, -0.2) is 0 Å². The molecule has 78 valence electrons. The van der Waals surface area contributed by atoms with Crippen LogP contribution < -0.4 is 5.32 Å². The van der Waals surface area contributed by atoms with Gasteiger partial charge in [0.05, 0.1) is 12.7 Å². The van der Waals surface area contributed by atoms with E-state index in [0.29, 0.717) is 6.10 Å². The quantitative estimate of drug-likeness (QED) is 0.676. The Hall–Kier alpha value is -0.0800. The standard InChI is InChI=1S/C10H19NO.CH4/c1-2-4-9(5-3-1)10-8-11-6-7-12-10;/h9-11H,1-8H2;1H4. The van der Waals surface area contributed by atoms with Crippen LogP contribution in [0.4, 0.5) is 0 Å². The highest BCUT2D eigenvalue weighted by Crippen LogP contribution is 2.28. The van der Waals surface area contributed by atoms with Gasteiger partial charge in [0.15, 0.2) is 0 Å². The Labute approximate surface area is 82.0 Å². The minimum absolute atomic E-state index is 0. The van der Waals surface area contributed by atoms with Gasteiger partial charge < -0.3 is 10.1 Å². The molecule has 1 heterocycles. The van der Waals surface area contributed by atoms with Crippen LogP contribution in [0.3, 0.4) is 0 Å². The summed E-state index contributed by atoms with van der Waals surface area (Å²) < 4.78 is 5.75. The molecule has 13 heavy (non-hydrogen) atoms. The van der Waals surface area contributed by atoms with E-state index in [4.69, 9.17) is 4.74 Å². The lowest BCUT2D eigenvalue weighted by molar-refractivity contribution is -0.0190. The number of hydrogen-bond acceptors (Lipinski definition) is 2. The maximum Gasteiger partial charge on any atom is 0.0728 e. The van der Waals surface area contributed by atoms with Crippen molar-refractivity contribution in [2.24, 2.45) is 5.92 Å². The van der Waals surface area contributed by atoms with Gasteiger partial charge in [-0.3, -0.25) is 0 Å². The third-order valence-corrected chi connectivity index (χ3v) is 3.13. The van der Waals surface area contributed by atoms with E-state index in [1.54, 1.807) is 0 Å². The van der Waals surface area contributed by atoms with Crippen LogP contribution in [-0.4, -0.2) is 25.8 Å². The second-order valence-corrected chi connectivity index (χ2v) is 4.01. The predicted molar refractivity (Wildman–Crippen MR) is 55.9 cm³/mol. The molecule has 1 aliphatic heterocycles. The fraction of sp³-hybridized carbons (Fsp3) is 1.00. The topological polar surface area (TPSA) is 21.3 Å². The van der Waals surface area contributed by atoms with Crippen LogP contribution in [0.2, 0.25) is 0 Å². The molecular formula is C11H23NO. The molecule has 0 spiro atoms. The first-order valence-corrected chi connectivity index (χ1v) is 5.29. The van der Waals surface area contributed by atoms with Crippen LogP contribution in [0.15, 0.2) is 0 Å². The summed E-state index contributed by atoms with van der Waals surface area (Å²) in [5.74, 6) is 0.853. The summed E-state index contributed by atoms with van der Waals surface area (Å²) in [6.07, 6.45) is 7.60. The molecule has 1 unspecified atom stereocenters. The molecule has 1 saturated heterocycles. The third kappa shape index (κ3) is 2.96. The van der Waals surface area contributed by atoms with E-state index < -0.39 is 0 Å². The number of ether oxygens (including phenoxy) is 1. The molecule has 0 aromatic rings. The molecule has 1 saturated carbocycles. The molecule has 2 rings (SSSR count). The van der Waals surface area contributed by atoms with Crippen LogP contribution in [0.5, 0.6) is 0 Å². The Bertz CT molecular complexity index is 110. The van der Waals surface area contributed by atoms with E-state index >= 15 is 0 Å². The summed E-state index contributed by atoms with van der Waals surface area (Å²) in [4.78, 5) is 0. The van der Waals surface area contributed by atoms with Gasteiger partial charge in [-0.1, -0.05) is 26.7 Å². The molecule has 0 amide bonds. The zero-order valence-corrected chi connectivity index (χ0v) is 7.72. The molecular weight excluding hydrogens is 162 g/mol. The van der Waals surface area contributed by atoms with Crippen molar-refractivity contribution < 1.29 is 4.74 Å². The lowest BCUT2D eigenvalue weighted by Gasteiger charge is -2.33. The van der Waals surface area contributed by atoms with Crippen molar-refractivity contribution in [1.82, 2.24) is 5.32 Å². The minimum Gasteiger partial charge on any atom is -0.375 e. The van der Waals surface area contributed by atoms with Gasteiger partial charge in [-0.15, -0.1) is 0 Å². The molecule has 2 fully saturated rings. The van der Waals surface area contributed by atoms with E-state index in [2.05, 4.69) is 5.32 Å². The maximum absolute atomic E-state index is 5.75. The van der Waals surface area contributed by atoms with Crippen molar-refractivity contribution in [3.8, 4) is 0 Å². The van der Waals surface area contributed by atoms with Crippen LogP contribution in [-0.2, 0) is 4.74 Å². The normalized spacial score (nSPS) is 30.9. The predicted octanol–water partition coefficient (Wildman–Crippen LogP) is 2.19. The molecule has 1 aliphatic carbocycles. The first-order chi connectivity index (χ1) is 5.97. The largest absolute Gasteiger partial charge is 0.375 e. The third-order valence-electron chi connectivity index (χ3n) is 3.13. The van der Waals surface area contributed by atoms with Crippen LogP contribution >= 0.6 is 0 Å². The average Bonchev–Trinajstić information content (AvgIpc) is 2.21. The Morgan fingerprint density at radius 1 is 1.08 bits per heavy atom. The highest BCUT2D eigenvalue weighted by Gasteiger charge is 2.25. The summed E-state index contributed by atoms with van der Waals surface area (Å²) in [7, 11) is 0. The lowest BCUT2D eigenvalue weighted by atomic mass is 9.85. The van der Waals surface area contributed by atoms with Gasteiger partial charge in [-0.2, -0.15) is 0 Å². The van der Waals surface area contributed by atoms with Crippen molar-refractivity contribution in [2.75, 3.05) is 19.7 Å². The highest BCUT2D eigenvalue weighted by molar-refractivity contribution is 4.78. The summed E-state index contributed by atoms with van der Waals surface area (Å²) in [6.45, 7) is 3.05. The van der Waals surface area contributed by atoms with E-state index in [-0.39, 0.29) is 7.43 Å². The number of rotatable bonds is 1. The van der Waals surface area contributed by atoms with E-state index in [1.807, 2.05) is 0 Å². The van der Waals surface area contributed by atoms with Crippen molar-refractivity contribution in [3.05, 3.63) is 0 Å². The van der Waals surface area contributed by atoms with Crippen LogP contribution in [0, 0.1) is 5.92 Å². The van der Waals surface area contributed by atoms with Gasteiger partial charge in [0.25, 0.3) is 0 Å². The van der Waals surface area contributed by atoms with E-state index in [1.165, 1.54) is 32.1 Å². The summed E-state index contributed by atoms with van der Waals surface area (Å²) >= 11 is 0. The molecule has 1 N–H and O–H groups in total. The van der Waals surface area contributed by atoms with Crippen molar-refractivity contribution in [2.45, 2.75) is 45.6 Å². The number of nitrogens with one attached hydrogen (secondary N) is 1. The first-order valence-electron chi connectivity index (χ1n) is 5.29. The molecule has 2 nitrogen and oxygen atoms in total. The van der Waals surface area contributed by atoms with Gasteiger partial charge in [0, 0.05) is 13.1 Å². The van der Waals surface area contributed by atoms with Crippen molar-refractivity contribution in [1.29, 1.82) is 0 Å². The average molecular weight is 185 g/mol. The minimum atomic E-state index is 0. The molecule has 0 aromatic carbocycles. The zero-order valence-electron chi connectivity index (χ0n) is 7.72. The monoisotopic (exact) mass is 185 g/mol. The molecule has 2 heteroatoms. The lowest BCUT2D eigenvalue weighted by Crippen LogP contribution is -2.43. The summed E-state index contributed by atoms with van der Waals surface area (Å²) in [5, 5.41) is 3.41. The van der Waals surface area contributed by atoms with Crippen molar-refractivity contribution in [3.63, 3.8) is 0 Å². The first kappa shape index (κ1) is 11.0. The zero-order chi connectivity index (χ0) is 8.23. The van der Waals surface area contributed by atoms with E-state index in [9.17, 15) is 0 Å². The fourth-order valence-corrected chi connectivity index (χ4v) is 2.39. The molecule has 0 bridgehead atoms. The van der Waals surface area contributed by atoms with Gasteiger partial charge >= 0.3 is 0 Å². The molecule has 0 aromatic heterocycles. The Kier molecular flexibility index (Phi) is 4.74. The molecule has 2 aliphatic rings. The number of hydrogen-bond donors (Lipinski definition) is 1. The van der Waals surface area contributed by atoms with Crippen LogP contribution in [0.25, 0.3) is 0 Å². The Balaban J connectivity index is 0.000000845. The highest BCUT2D eigenvalue weighted by atomic mass is 16.5. The number of morpholine rings is 1. The smallest absolute Gasteiger partial charge is 0.0728 e. The summed E-state index contributed by atoms with van der Waals surface area (Å²) in [6, 6.07) is 0. The second kappa shape index (κ2) is 5.61. The summed E-state index contributed by atoms with van der Waals surface area (Å²) in [5.41, 5.74) is 0. The Morgan fingerprint density at radius 3 is 2.46 bits per heavy atom. The SMILES string of the molecule is C.C1CCC(C2CNCCO2)CC1. The van der Waals surface area contributed by atoms with E-state index in [0.717, 1.165) is 25.6 Å². The van der Waals surface area contributed by atoms with Gasteiger partial charge in [0.1, 0.15) is 0 Å². The van der Waals surface area contributed by atoms with Gasteiger partial charge in [0.2, 0.25) is 0 Å². The fourth-order valence-electron chi connectivity index (χ4n) is 2.39. The molecule has 1 atom stereocenters. The van der Waals surface area contributed by atoms with Crippen molar-refractivity contribution >= 4 is 0 Å². The molecule has 0 radical (unpaired) electrons. The second-order valence-electron chi connectivity index (χ2n) is 4.01.